The number of nitriles is 1. The van der Waals surface area contributed by atoms with E-state index in [1.807, 2.05) is 0 Å². The summed E-state index contributed by atoms with van der Waals surface area (Å²) in [5.74, 6) is -0.0509. The third-order valence-corrected chi connectivity index (χ3v) is 4.31. The van der Waals surface area contributed by atoms with Gasteiger partial charge in [0.15, 0.2) is 0 Å². The summed E-state index contributed by atoms with van der Waals surface area (Å²) < 4.78 is 6.28. The van der Waals surface area contributed by atoms with E-state index in [0.29, 0.717) is 11.4 Å². The number of H-pyrrole nitrogens is 1. The molecule has 7 heteroatoms. The Kier molecular flexibility index (Phi) is 4.01. The van der Waals surface area contributed by atoms with Crippen LogP contribution in [0.3, 0.4) is 0 Å². The van der Waals surface area contributed by atoms with Gasteiger partial charge in [-0.05, 0) is 24.6 Å². The molecule has 23 heavy (non-hydrogen) atoms. The molecule has 1 aromatic carbocycles. The lowest BCUT2D eigenvalue weighted by Gasteiger charge is -2.24. The normalized spacial score (nSPS) is 16.7. The first-order chi connectivity index (χ1) is 11.1. The van der Waals surface area contributed by atoms with Crippen LogP contribution in [-0.2, 0) is 6.42 Å². The Morgan fingerprint density at radius 3 is 3.00 bits per heavy atom. The monoisotopic (exact) mass is 374 g/mol. The van der Waals surface area contributed by atoms with Crippen molar-refractivity contribution in [2.24, 2.45) is 5.73 Å². The van der Waals surface area contributed by atoms with Gasteiger partial charge in [-0.1, -0.05) is 29.3 Å². The van der Waals surface area contributed by atoms with E-state index in [0.717, 1.165) is 28.6 Å². The van der Waals surface area contributed by atoms with Crippen LogP contribution in [0.4, 0.5) is 0 Å². The molecule has 1 unspecified atom stereocenters. The van der Waals surface area contributed by atoms with Gasteiger partial charge in [0.2, 0.25) is 11.8 Å². The van der Waals surface area contributed by atoms with Gasteiger partial charge in [-0.2, -0.15) is 5.26 Å². The Morgan fingerprint density at radius 1 is 1.52 bits per heavy atom. The van der Waals surface area contributed by atoms with Crippen LogP contribution in [0.5, 0.6) is 11.6 Å². The maximum absolute atomic E-state index is 10.3. The fourth-order valence-electron chi connectivity index (χ4n) is 2.82. The summed E-state index contributed by atoms with van der Waals surface area (Å²) in [5.41, 5.74) is 8.38. The molecule has 0 saturated heterocycles. The molecule has 4 N–H and O–H groups in total. The number of ether oxygens (including phenoxy) is 1. The second kappa shape index (κ2) is 5.97. The van der Waals surface area contributed by atoms with E-state index in [4.69, 9.17) is 10.5 Å². The van der Waals surface area contributed by atoms with Crippen molar-refractivity contribution >= 4 is 15.9 Å². The molecule has 0 saturated carbocycles. The minimum atomic E-state index is -0.512. The third kappa shape index (κ3) is 2.55. The first kappa shape index (κ1) is 15.4. The summed E-state index contributed by atoms with van der Waals surface area (Å²) in [4.78, 5) is 0. The van der Waals surface area contributed by atoms with E-state index in [-0.39, 0.29) is 17.2 Å². The number of phenols is 1. The highest BCUT2D eigenvalue weighted by molar-refractivity contribution is 9.10. The minimum absolute atomic E-state index is 0.0129. The molecule has 3 rings (SSSR count). The van der Waals surface area contributed by atoms with Gasteiger partial charge in [0.25, 0.3) is 0 Å². The van der Waals surface area contributed by atoms with Crippen LogP contribution in [0, 0.1) is 11.3 Å². The molecule has 0 radical (unpaired) electrons. The quantitative estimate of drug-likeness (QED) is 0.764. The SMILES string of the molecule is CCCc1[nH]nc2c1C(c1cc(Br)ccc1O)C(C#N)=C(N)O2. The molecular weight excluding hydrogens is 360 g/mol. The number of aromatic amines is 1. The summed E-state index contributed by atoms with van der Waals surface area (Å²) in [7, 11) is 0. The Labute approximate surface area is 141 Å². The Hall–Kier alpha value is -2.46. The van der Waals surface area contributed by atoms with E-state index in [2.05, 4.69) is 39.1 Å². The van der Waals surface area contributed by atoms with Gasteiger partial charge in [0.05, 0.1) is 11.5 Å². The molecule has 6 nitrogen and oxygen atoms in total. The first-order valence-electron chi connectivity index (χ1n) is 7.20. The number of phenolic OH excluding ortho intramolecular Hbond substituents is 1. The number of aromatic hydroxyl groups is 1. The van der Waals surface area contributed by atoms with Crippen LogP contribution in [0.15, 0.2) is 34.1 Å². The molecule has 0 fully saturated rings. The van der Waals surface area contributed by atoms with E-state index >= 15 is 0 Å². The number of aromatic nitrogens is 2. The zero-order chi connectivity index (χ0) is 16.6. The Bertz CT molecular complexity index is 835. The summed E-state index contributed by atoms with van der Waals surface area (Å²) in [6, 6.07) is 7.21. The molecule has 2 heterocycles. The lowest BCUT2D eigenvalue weighted by atomic mass is 9.83. The number of aryl methyl sites for hydroxylation is 1. The maximum Gasteiger partial charge on any atom is 0.244 e. The van der Waals surface area contributed by atoms with Crippen LogP contribution in [0.2, 0.25) is 0 Å². The number of nitrogens with one attached hydrogen (secondary N) is 1. The average Bonchev–Trinajstić information content (AvgIpc) is 2.91. The molecule has 0 bridgehead atoms. The molecule has 1 aromatic heterocycles. The van der Waals surface area contributed by atoms with Crippen LogP contribution >= 0.6 is 15.9 Å². The lowest BCUT2D eigenvalue weighted by Crippen LogP contribution is -2.21. The maximum atomic E-state index is 10.3. The van der Waals surface area contributed by atoms with Crippen LogP contribution in [0.25, 0.3) is 0 Å². The van der Waals surface area contributed by atoms with Crippen LogP contribution in [0.1, 0.15) is 36.1 Å². The zero-order valence-electron chi connectivity index (χ0n) is 12.4. The first-order valence-corrected chi connectivity index (χ1v) is 7.99. The predicted molar refractivity (Wildman–Crippen MR) is 87.7 cm³/mol. The number of allylic oxidation sites excluding steroid dienone is 1. The summed E-state index contributed by atoms with van der Waals surface area (Å²) in [5, 5.41) is 27.0. The zero-order valence-corrected chi connectivity index (χ0v) is 14.0. The number of nitrogens with zero attached hydrogens (tertiary/aromatic N) is 2. The van der Waals surface area contributed by atoms with Gasteiger partial charge in [0.1, 0.15) is 17.4 Å². The topological polar surface area (TPSA) is 108 Å². The largest absolute Gasteiger partial charge is 0.508 e. The Balaban J connectivity index is 2.26. The molecule has 0 amide bonds. The standard InChI is InChI=1S/C16H15BrN4O2/c1-2-3-11-14-13(9-6-8(17)4-5-12(9)22)10(7-18)15(19)23-16(14)21-20-11/h4-6,13,22H,2-3,19H2,1H3,(H,20,21). The van der Waals surface area contributed by atoms with Gasteiger partial charge in [-0.3, -0.25) is 5.10 Å². The summed E-state index contributed by atoms with van der Waals surface area (Å²) >= 11 is 3.40. The molecule has 1 aliphatic heterocycles. The van der Waals surface area contributed by atoms with Crippen LogP contribution in [-0.4, -0.2) is 15.3 Å². The van der Waals surface area contributed by atoms with E-state index in [9.17, 15) is 10.4 Å². The van der Waals surface area contributed by atoms with Gasteiger partial charge >= 0.3 is 0 Å². The number of halogens is 1. The molecule has 1 atom stereocenters. The fourth-order valence-corrected chi connectivity index (χ4v) is 3.20. The van der Waals surface area contributed by atoms with Gasteiger partial charge in [-0.25, -0.2) is 0 Å². The van der Waals surface area contributed by atoms with E-state index in [1.54, 1.807) is 18.2 Å². The Morgan fingerprint density at radius 2 is 2.30 bits per heavy atom. The predicted octanol–water partition coefficient (Wildman–Crippen LogP) is 3.05. The molecule has 0 spiro atoms. The number of fused-ring (bicyclic) bond motifs is 1. The van der Waals surface area contributed by atoms with Crippen molar-refractivity contribution in [3.05, 3.63) is 50.9 Å². The number of hydrogen-bond donors (Lipinski definition) is 3. The van der Waals surface area contributed by atoms with Gasteiger partial charge in [-0.15, -0.1) is 5.10 Å². The third-order valence-electron chi connectivity index (χ3n) is 3.82. The smallest absolute Gasteiger partial charge is 0.244 e. The second-order valence-electron chi connectivity index (χ2n) is 5.30. The van der Waals surface area contributed by atoms with Crippen molar-refractivity contribution in [2.45, 2.75) is 25.7 Å². The number of benzene rings is 1. The van der Waals surface area contributed by atoms with Crippen molar-refractivity contribution < 1.29 is 9.84 Å². The molecule has 2 aromatic rings. The van der Waals surface area contributed by atoms with E-state index in [1.165, 1.54) is 0 Å². The molecular formula is C16H15BrN4O2. The molecule has 1 aliphatic rings. The summed E-state index contributed by atoms with van der Waals surface area (Å²) in [6.07, 6.45) is 1.67. The van der Waals surface area contributed by atoms with Crippen molar-refractivity contribution in [2.75, 3.05) is 0 Å². The second-order valence-corrected chi connectivity index (χ2v) is 6.21. The highest BCUT2D eigenvalue weighted by atomic mass is 79.9. The van der Waals surface area contributed by atoms with Crippen molar-refractivity contribution in [3.8, 4) is 17.7 Å². The minimum Gasteiger partial charge on any atom is -0.508 e. The lowest BCUT2D eigenvalue weighted by molar-refractivity contribution is 0.377. The highest BCUT2D eigenvalue weighted by Gasteiger charge is 2.36. The summed E-state index contributed by atoms with van der Waals surface area (Å²) in [6.45, 7) is 2.05. The molecule has 0 aliphatic carbocycles. The van der Waals surface area contributed by atoms with E-state index < -0.39 is 5.92 Å². The van der Waals surface area contributed by atoms with Crippen molar-refractivity contribution in [1.82, 2.24) is 10.2 Å². The van der Waals surface area contributed by atoms with Crippen molar-refractivity contribution in [1.29, 1.82) is 5.26 Å². The van der Waals surface area contributed by atoms with Gasteiger partial charge in [0, 0.05) is 15.7 Å². The number of nitrogens with two attached hydrogens (primary N) is 1. The van der Waals surface area contributed by atoms with Crippen LogP contribution < -0.4 is 10.5 Å². The van der Waals surface area contributed by atoms with Crippen molar-refractivity contribution in [3.63, 3.8) is 0 Å². The van der Waals surface area contributed by atoms with Gasteiger partial charge < -0.3 is 15.6 Å². The number of hydrogen-bond acceptors (Lipinski definition) is 5. The average molecular weight is 375 g/mol. The number of rotatable bonds is 3. The fraction of sp³-hybridized carbons (Fsp3) is 0.250. The highest BCUT2D eigenvalue weighted by Crippen LogP contribution is 2.46. The molecule has 118 valence electrons.